The van der Waals surface area contributed by atoms with Crippen LogP contribution in [0.4, 0.5) is 8.78 Å². The highest BCUT2D eigenvalue weighted by molar-refractivity contribution is 6.09. The number of aliphatic hydroxyl groups excluding tert-OH is 1. The number of H-pyrrole nitrogens is 1. The molecule has 0 saturated heterocycles. The van der Waals surface area contributed by atoms with Crippen LogP contribution in [0.1, 0.15) is 47.3 Å². The number of hydrogen-bond donors (Lipinski definition) is 4. The quantitative estimate of drug-likeness (QED) is 0.367. The Labute approximate surface area is 212 Å². The predicted octanol–water partition coefficient (Wildman–Crippen LogP) is 2.88. The van der Waals surface area contributed by atoms with Crippen LogP contribution in [0, 0.1) is 25.6 Å². The van der Waals surface area contributed by atoms with Gasteiger partial charge in [-0.25, -0.2) is 18.7 Å². The Bertz CT molecular complexity index is 1360. The maximum absolute atomic E-state index is 15.4. The number of alkyl halides is 1. The summed E-state index contributed by atoms with van der Waals surface area (Å²) in [6.45, 7) is 3.15. The number of amides is 2. The average Bonchev–Trinajstić information content (AvgIpc) is 3.55. The molecule has 2 aliphatic carbocycles. The van der Waals surface area contributed by atoms with Crippen molar-refractivity contribution in [3.63, 3.8) is 0 Å². The van der Waals surface area contributed by atoms with Crippen molar-refractivity contribution in [3.05, 3.63) is 41.1 Å². The summed E-state index contributed by atoms with van der Waals surface area (Å²) in [5.41, 5.74) is 2.25. The van der Waals surface area contributed by atoms with E-state index in [-0.39, 0.29) is 35.2 Å². The van der Waals surface area contributed by atoms with Gasteiger partial charge in [0.25, 0.3) is 5.91 Å². The van der Waals surface area contributed by atoms with E-state index in [4.69, 9.17) is 9.84 Å². The second kappa shape index (κ2) is 10.0. The first-order valence-electron chi connectivity index (χ1n) is 12.4. The van der Waals surface area contributed by atoms with Gasteiger partial charge in [0.15, 0.2) is 0 Å². The average molecular weight is 514 g/mol. The summed E-state index contributed by atoms with van der Waals surface area (Å²) in [5, 5.41) is 14.2. The number of nitrogens with one attached hydrogen (secondary N) is 3. The summed E-state index contributed by atoms with van der Waals surface area (Å²) in [6.07, 6.45) is 2.30. The molecule has 1 aromatic carbocycles. The van der Waals surface area contributed by atoms with Gasteiger partial charge in [0.2, 0.25) is 5.91 Å². The minimum absolute atomic E-state index is 0.0339. The molecule has 0 spiro atoms. The van der Waals surface area contributed by atoms with E-state index >= 15 is 4.39 Å². The maximum Gasteiger partial charge on any atom is 0.255 e. The lowest BCUT2D eigenvalue weighted by Crippen LogP contribution is -2.40. The number of rotatable bonds is 8. The van der Waals surface area contributed by atoms with E-state index in [1.54, 1.807) is 26.0 Å². The number of fused-ring (bicyclic) bond motifs is 1. The van der Waals surface area contributed by atoms with Gasteiger partial charge < -0.3 is 25.5 Å². The van der Waals surface area contributed by atoms with Gasteiger partial charge in [-0.2, -0.15) is 0 Å². The van der Waals surface area contributed by atoms with Crippen molar-refractivity contribution in [2.24, 2.45) is 5.92 Å². The fraction of sp³-hybridized carbons (Fsp3) is 0.462. The minimum atomic E-state index is -1.36. The molecule has 2 aliphatic rings. The van der Waals surface area contributed by atoms with Crippen molar-refractivity contribution < 1.29 is 28.2 Å². The molecule has 2 amide bonds. The second-order valence-electron chi connectivity index (χ2n) is 9.88. The molecule has 2 saturated carbocycles. The molecule has 3 aromatic rings. The first-order valence-corrected chi connectivity index (χ1v) is 12.4. The van der Waals surface area contributed by atoms with Gasteiger partial charge in [-0.05, 0) is 50.7 Å². The van der Waals surface area contributed by atoms with Crippen molar-refractivity contribution in [3.8, 4) is 17.0 Å². The largest absolute Gasteiger partial charge is 0.492 e. The van der Waals surface area contributed by atoms with Crippen LogP contribution < -0.4 is 15.4 Å². The Hall–Kier alpha value is -3.60. The van der Waals surface area contributed by atoms with Gasteiger partial charge in [0, 0.05) is 18.2 Å². The number of benzene rings is 1. The third kappa shape index (κ3) is 5.00. The number of aryl methyl sites for hydroxylation is 2. The zero-order valence-electron chi connectivity index (χ0n) is 20.6. The number of carbonyl (C=O) groups is 2. The van der Waals surface area contributed by atoms with E-state index < -0.39 is 42.5 Å². The summed E-state index contributed by atoms with van der Waals surface area (Å²) in [7, 11) is 0. The van der Waals surface area contributed by atoms with Gasteiger partial charge in [0.1, 0.15) is 41.9 Å². The van der Waals surface area contributed by atoms with Gasteiger partial charge in [-0.15, -0.1) is 0 Å². The van der Waals surface area contributed by atoms with E-state index in [0.29, 0.717) is 35.0 Å². The molecule has 2 fully saturated rings. The highest BCUT2D eigenvalue weighted by Crippen LogP contribution is 2.39. The highest BCUT2D eigenvalue weighted by atomic mass is 19.1. The molecule has 0 bridgehead atoms. The van der Waals surface area contributed by atoms with Gasteiger partial charge in [0.05, 0.1) is 29.3 Å². The van der Waals surface area contributed by atoms with Crippen LogP contribution >= 0.6 is 0 Å². The van der Waals surface area contributed by atoms with Crippen LogP contribution in [0.2, 0.25) is 0 Å². The number of aromatic amines is 1. The van der Waals surface area contributed by atoms with E-state index in [2.05, 4.69) is 25.6 Å². The molecular weight excluding hydrogens is 484 g/mol. The first kappa shape index (κ1) is 25.1. The Morgan fingerprint density at radius 1 is 1.19 bits per heavy atom. The Morgan fingerprint density at radius 3 is 2.70 bits per heavy atom. The molecule has 0 unspecified atom stereocenters. The molecule has 2 aromatic heterocycles. The van der Waals surface area contributed by atoms with Crippen molar-refractivity contribution in [1.29, 1.82) is 0 Å². The molecule has 196 valence electrons. The Balaban J connectivity index is 1.45. The molecule has 9 nitrogen and oxygen atoms in total. The van der Waals surface area contributed by atoms with Crippen molar-refractivity contribution in [2.45, 2.75) is 57.8 Å². The molecule has 2 heterocycles. The number of hydrogen-bond acceptors (Lipinski definition) is 6. The molecular formula is C26H29F2N5O4. The standard InChI is InChI=1S/C26H29F2N5O4/c1-12-3-6-18(37-10-14-4-5-14)21(22(12)28)24-25-23(29-11-30-24)20(13(2)31-25)26(36)33-17-8-15(7-16(17)27)32-19(35)9-34/h3,6,11,14-17,31,34H,4-5,7-10H2,1-2H3,(H,32,35)(H,33,36)/t15-,16-,17-/m1/s1. The molecule has 3 atom stereocenters. The summed E-state index contributed by atoms with van der Waals surface area (Å²) in [4.78, 5) is 36.5. The number of nitrogens with zero attached hydrogens (tertiary/aromatic N) is 2. The van der Waals surface area contributed by atoms with Crippen molar-refractivity contribution in [1.82, 2.24) is 25.6 Å². The number of carbonyl (C=O) groups excluding carboxylic acids is 2. The summed E-state index contributed by atoms with van der Waals surface area (Å²) in [5.74, 6) is -0.754. The second-order valence-corrected chi connectivity index (χ2v) is 9.88. The van der Waals surface area contributed by atoms with Crippen LogP contribution in [0.15, 0.2) is 18.5 Å². The molecule has 5 rings (SSSR count). The molecule has 0 radical (unpaired) electrons. The van der Waals surface area contributed by atoms with E-state index in [1.807, 2.05) is 0 Å². The fourth-order valence-corrected chi connectivity index (χ4v) is 4.85. The number of halogens is 2. The topological polar surface area (TPSA) is 129 Å². The smallest absolute Gasteiger partial charge is 0.255 e. The third-order valence-electron chi connectivity index (χ3n) is 7.01. The molecule has 37 heavy (non-hydrogen) atoms. The summed E-state index contributed by atoms with van der Waals surface area (Å²) >= 11 is 0. The first-order chi connectivity index (χ1) is 17.8. The van der Waals surface area contributed by atoms with Gasteiger partial charge >= 0.3 is 0 Å². The van der Waals surface area contributed by atoms with Crippen LogP contribution in [0.5, 0.6) is 5.75 Å². The number of ether oxygens (including phenoxy) is 1. The molecule has 0 aliphatic heterocycles. The van der Waals surface area contributed by atoms with E-state index in [9.17, 15) is 14.0 Å². The van der Waals surface area contributed by atoms with Crippen LogP contribution in [0.3, 0.4) is 0 Å². The summed E-state index contributed by atoms with van der Waals surface area (Å²) in [6, 6.07) is 2.07. The zero-order chi connectivity index (χ0) is 26.3. The lowest BCUT2D eigenvalue weighted by molar-refractivity contribution is -0.124. The van der Waals surface area contributed by atoms with Gasteiger partial charge in [-0.1, -0.05) is 6.07 Å². The predicted molar refractivity (Wildman–Crippen MR) is 131 cm³/mol. The van der Waals surface area contributed by atoms with Crippen molar-refractivity contribution >= 4 is 22.8 Å². The normalized spacial score (nSPS) is 21.3. The summed E-state index contributed by atoms with van der Waals surface area (Å²) < 4.78 is 36.0. The Morgan fingerprint density at radius 2 is 1.97 bits per heavy atom. The monoisotopic (exact) mass is 513 g/mol. The lowest BCUT2D eigenvalue weighted by atomic mass is 10.0. The minimum Gasteiger partial charge on any atom is -0.492 e. The lowest BCUT2D eigenvalue weighted by Gasteiger charge is -2.15. The van der Waals surface area contributed by atoms with Gasteiger partial charge in [-0.3, -0.25) is 9.59 Å². The van der Waals surface area contributed by atoms with Crippen LogP contribution in [-0.4, -0.2) is 63.3 Å². The van der Waals surface area contributed by atoms with Crippen molar-refractivity contribution in [2.75, 3.05) is 13.2 Å². The third-order valence-corrected chi connectivity index (χ3v) is 7.01. The highest BCUT2D eigenvalue weighted by Gasteiger charge is 2.37. The number of aliphatic hydroxyl groups is 1. The fourth-order valence-electron chi connectivity index (χ4n) is 4.85. The van der Waals surface area contributed by atoms with Crippen LogP contribution in [-0.2, 0) is 4.79 Å². The maximum atomic E-state index is 15.4. The SMILES string of the molecule is Cc1ccc(OCC2CC2)c(-c2ncnc3c(C(=O)N[C@@H]4C[C@H](NC(=O)CO)C[C@H]4F)c(C)[nH]c23)c1F. The molecule has 4 N–H and O–H groups in total. The zero-order valence-corrected chi connectivity index (χ0v) is 20.6. The molecule has 11 heteroatoms. The van der Waals surface area contributed by atoms with Crippen LogP contribution in [0.25, 0.3) is 22.3 Å². The van der Waals surface area contributed by atoms with E-state index in [0.717, 1.165) is 12.8 Å². The van der Waals surface area contributed by atoms with E-state index in [1.165, 1.54) is 6.33 Å². The Kier molecular flexibility index (Phi) is 6.80. The number of aromatic nitrogens is 3.